The van der Waals surface area contributed by atoms with Gasteiger partial charge in [-0.3, -0.25) is 0 Å². The first-order valence-corrected chi connectivity index (χ1v) is 9.13. The van der Waals surface area contributed by atoms with Gasteiger partial charge in [0, 0.05) is 6.54 Å². The van der Waals surface area contributed by atoms with Gasteiger partial charge in [-0.2, -0.15) is 4.98 Å². The number of fused-ring (bicyclic) bond motifs is 1. The molecule has 0 saturated heterocycles. The molecule has 2 rings (SSSR count). The number of aryl methyl sites for hydroxylation is 1. The quantitative estimate of drug-likeness (QED) is 0.466. The zero-order chi connectivity index (χ0) is 15.1. The number of thiophene rings is 1. The van der Waals surface area contributed by atoms with Crippen molar-refractivity contribution in [3.05, 3.63) is 16.2 Å². The number of hydrogen-bond acceptors (Lipinski definition) is 4. The number of nitrogens with one attached hydrogen (secondary N) is 1. The van der Waals surface area contributed by atoms with Crippen LogP contribution in [0.5, 0.6) is 0 Å². The first kappa shape index (κ1) is 16.5. The standard InChI is InChI=1S/C16H24ClN3S/c1-3-4-5-6-7-8-9-10-18-15-14-13(12(2)11-21-14)19-16(17)20-15/h11H,3-10H2,1-2H3,(H,18,19,20). The highest BCUT2D eigenvalue weighted by Gasteiger charge is 2.10. The highest BCUT2D eigenvalue weighted by Crippen LogP contribution is 2.30. The highest BCUT2D eigenvalue weighted by atomic mass is 35.5. The van der Waals surface area contributed by atoms with Crippen molar-refractivity contribution in [2.45, 2.75) is 58.8 Å². The lowest BCUT2D eigenvalue weighted by Crippen LogP contribution is -2.04. The summed E-state index contributed by atoms with van der Waals surface area (Å²) in [6.07, 6.45) is 9.21. The minimum Gasteiger partial charge on any atom is -0.369 e. The van der Waals surface area contributed by atoms with E-state index in [2.05, 4.69) is 34.5 Å². The van der Waals surface area contributed by atoms with Crippen LogP contribution in [0.4, 0.5) is 5.82 Å². The van der Waals surface area contributed by atoms with Crippen LogP contribution in [-0.2, 0) is 0 Å². The van der Waals surface area contributed by atoms with E-state index in [1.54, 1.807) is 11.3 Å². The average Bonchev–Trinajstić information content (AvgIpc) is 2.83. The molecule has 0 spiro atoms. The third kappa shape index (κ3) is 4.82. The molecule has 116 valence electrons. The number of unbranched alkanes of at least 4 members (excludes halogenated alkanes) is 6. The van der Waals surface area contributed by atoms with Gasteiger partial charge in [-0.15, -0.1) is 11.3 Å². The van der Waals surface area contributed by atoms with Crippen LogP contribution >= 0.6 is 22.9 Å². The third-order valence-electron chi connectivity index (χ3n) is 3.64. The summed E-state index contributed by atoms with van der Waals surface area (Å²) >= 11 is 7.69. The summed E-state index contributed by atoms with van der Waals surface area (Å²) in [6, 6.07) is 0. The van der Waals surface area contributed by atoms with E-state index in [9.17, 15) is 0 Å². The Morgan fingerprint density at radius 1 is 1.10 bits per heavy atom. The summed E-state index contributed by atoms with van der Waals surface area (Å²) in [6.45, 7) is 5.26. The molecule has 0 unspecified atom stereocenters. The molecule has 0 amide bonds. The van der Waals surface area contributed by atoms with Crippen molar-refractivity contribution in [1.82, 2.24) is 9.97 Å². The molecule has 0 aliphatic heterocycles. The van der Waals surface area contributed by atoms with E-state index < -0.39 is 0 Å². The minimum atomic E-state index is 0.325. The number of halogens is 1. The Kier molecular flexibility index (Phi) is 6.71. The first-order valence-electron chi connectivity index (χ1n) is 7.87. The van der Waals surface area contributed by atoms with E-state index >= 15 is 0 Å². The van der Waals surface area contributed by atoms with E-state index in [0.717, 1.165) is 22.6 Å². The fraction of sp³-hybridized carbons (Fsp3) is 0.625. The van der Waals surface area contributed by atoms with Crippen molar-refractivity contribution >= 4 is 39.0 Å². The molecular weight excluding hydrogens is 302 g/mol. The predicted molar refractivity (Wildman–Crippen MR) is 93.6 cm³/mol. The number of hydrogen-bond donors (Lipinski definition) is 1. The molecule has 0 atom stereocenters. The highest BCUT2D eigenvalue weighted by molar-refractivity contribution is 7.18. The molecule has 0 aliphatic rings. The maximum Gasteiger partial charge on any atom is 0.224 e. The van der Waals surface area contributed by atoms with Gasteiger partial charge in [0.25, 0.3) is 0 Å². The summed E-state index contributed by atoms with van der Waals surface area (Å²) in [5.41, 5.74) is 2.14. The fourth-order valence-electron chi connectivity index (χ4n) is 2.41. The Balaban J connectivity index is 1.78. The number of nitrogens with zero attached hydrogens (tertiary/aromatic N) is 2. The largest absolute Gasteiger partial charge is 0.369 e. The van der Waals surface area contributed by atoms with Crippen molar-refractivity contribution < 1.29 is 0 Å². The van der Waals surface area contributed by atoms with E-state index in [0.29, 0.717) is 5.28 Å². The lowest BCUT2D eigenvalue weighted by Gasteiger charge is -2.07. The zero-order valence-electron chi connectivity index (χ0n) is 12.9. The average molecular weight is 326 g/mol. The molecule has 0 aliphatic carbocycles. The Bertz CT molecular complexity index is 568. The van der Waals surface area contributed by atoms with E-state index in [1.807, 2.05) is 0 Å². The lowest BCUT2D eigenvalue weighted by molar-refractivity contribution is 0.596. The summed E-state index contributed by atoms with van der Waals surface area (Å²) < 4.78 is 1.11. The second kappa shape index (κ2) is 8.54. The molecule has 21 heavy (non-hydrogen) atoms. The van der Waals surface area contributed by atoms with Gasteiger partial charge >= 0.3 is 0 Å². The molecule has 3 nitrogen and oxygen atoms in total. The summed E-state index contributed by atoms with van der Waals surface area (Å²) in [4.78, 5) is 8.63. The van der Waals surface area contributed by atoms with Crippen LogP contribution in [0.2, 0.25) is 5.28 Å². The molecule has 2 heterocycles. The predicted octanol–water partition coefficient (Wildman–Crippen LogP) is 5.82. The Morgan fingerprint density at radius 2 is 1.81 bits per heavy atom. The van der Waals surface area contributed by atoms with Crippen LogP contribution in [0.15, 0.2) is 5.38 Å². The molecule has 0 fully saturated rings. The molecular formula is C16H24ClN3S. The molecule has 0 saturated carbocycles. The third-order valence-corrected chi connectivity index (χ3v) is 4.90. The SMILES string of the molecule is CCCCCCCCCNc1nc(Cl)nc2c(C)csc12. The van der Waals surface area contributed by atoms with Gasteiger partial charge in [-0.25, -0.2) is 4.98 Å². The Hall–Kier alpha value is -0.870. The maximum atomic E-state index is 6.01. The van der Waals surface area contributed by atoms with Crippen molar-refractivity contribution in [1.29, 1.82) is 0 Å². The molecule has 2 aromatic rings. The molecule has 0 bridgehead atoms. The number of anilines is 1. The minimum absolute atomic E-state index is 0.325. The Labute approximate surface area is 136 Å². The van der Waals surface area contributed by atoms with Gasteiger partial charge in [0.2, 0.25) is 5.28 Å². The molecule has 0 aromatic carbocycles. The molecule has 5 heteroatoms. The fourth-order valence-corrected chi connectivity index (χ4v) is 3.54. The monoisotopic (exact) mass is 325 g/mol. The summed E-state index contributed by atoms with van der Waals surface area (Å²) in [5, 5.41) is 5.85. The lowest BCUT2D eigenvalue weighted by atomic mass is 10.1. The zero-order valence-corrected chi connectivity index (χ0v) is 14.5. The second-order valence-electron chi connectivity index (χ2n) is 5.49. The van der Waals surface area contributed by atoms with E-state index in [-0.39, 0.29) is 0 Å². The van der Waals surface area contributed by atoms with Crippen LogP contribution in [0.3, 0.4) is 0 Å². The van der Waals surface area contributed by atoms with Crippen molar-refractivity contribution in [2.24, 2.45) is 0 Å². The number of rotatable bonds is 9. The van der Waals surface area contributed by atoms with Crippen molar-refractivity contribution in [2.75, 3.05) is 11.9 Å². The smallest absolute Gasteiger partial charge is 0.224 e. The summed E-state index contributed by atoms with van der Waals surface area (Å²) in [5.74, 6) is 0.883. The van der Waals surface area contributed by atoms with Crippen LogP contribution in [-0.4, -0.2) is 16.5 Å². The molecule has 0 radical (unpaired) electrons. The molecule has 2 aromatic heterocycles. The maximum absolute atomic E-state index is 6.01. The van der Waals surface area contributed by atoms with Gasteiger partial charge < -0.3 is 5.32 Å². The van der Waals surface area contributed by atoms with Crippen molar-refractivity contribution in [3.63, 3.8) is 0 Å². The number of aromatic nitrogens is 2. The van der Waals surface area contributed by atoms with Gasteiger partial charge in [0.1, 0.15) is 5.82 Å². The van der Waals surface area contributed by atoms with E-state index in [4.69, 9.17) is 11.6 Å². The topological polar surface area (TPSA) is 37.8 Å². The van der Waals surface area contributed by atoms with E-state index in [1.165, 1.54) is 50.5 Å². The van der Waals surface area contributed by atoms with Gasteiger partial charge in [0.15, 0.2) is 0 Å². The van der Waals surface area contributed by atoms with Gasteiger partial charge in [-0.05, 0) is 35.9 Å². The van der Waals surface area contributed by atoms with Gasteiger partial charge in [0.05, 0.1) is 10.2 Å². The van der Waals surface area contributed by atoms with Gasteiger partial charge in [-0.1, -0.05) is 45.4 Å². The first-order chi connectivity index (χ1) is 10.2. The summed E-state index contributed by atoms with van der Waals surface area (Å²) in [7, 11) is 0. The molecule has 1 N–H and O–H groups in total. The Morgan fingerprint density at radius 3 is 2.57 bits per heavy atom. The van der Waals surface area contributed by atoms with Crippen LogP contribution in [0.1, 0.15) is 57.4 Å². The second-order valence-corrected chi connectivity index (χ2v) is 6.70. The normalized spacial score (nSPS) is 11.2. The van der Waals surface area contributed by atoms with Crippen molar-refractivity contribution in [3.8, 4) is 0 Å². The van der Waals surface area contributed by atoms with Crippen LogP contribution in [0, 0.1) is 6.92 Å². The van der Waals surface area contributed by atoms with Crippen LogP contribution in [0.25, 0.3) is 10.2 Å². The van der Waals surface area contributed by atoms with Crippen LogP contribution < -0.4 is 5.32 Å².